The second-order valence-electron chi connectivity index (χ2n) is 4.91. The van der Waals surface area contributed by atoms with Crippen molar-refractivity contribution >= 4 is 5.95 Å². The van der Waals surface area contributed by atoms with Gasteiger partial charge in [-0.25, -0.2) is 9.97 Å². The van der Waals surface area contributed by atoms with E-state index in [1.54, 1.807) is 4.90 Å². The quantitative estimate of drug-likeness (QED) is 0.750. The zero-order valence-electron chi connectivity index (χ0n) is 11.0. The number of aromatic nitrogens is 2. The van der Waals surface area contributed by atoms with Crippen LogP contribution in [0.5, 0.6) is 0 Å². The molecule has 0 atom stereocenters. The number of hydrogen-bond acceptors (Lipinski definition) is 5. The first-order valence-electron chi connectivity index (χ1n) is 6.29. The molecule has 1 aliphatic heterocycles. The molecule has 1 aliphatic rings. The van der Waals surface area contributed by atoms with E-state index >= 15 is 0 Å². The largest absolute Gasteiger partial charge is 0.331 e. The lowest BCUT2D eigenvalue weighted by atomic mass is 9.92. The summed E-state index contributed by atoms with van der Waals surface area (Å²) in [5.41, 5.74) is 1.22. The minimum absolute atomic E-state index is 0.313. The van der Waals surface area contributed by atoms with Crippen LogP contribution in [0.3, 0.4) is 0 Å². The van der Waals surface area contributed by atoms with E-state index in [1.165, 1.54) is 18.4 Å². The van der Waals surface area contributed by atoms with Gasteiger partial charge in [0.05, 0.1) is 6.07 Å². The van der Waals surface area contributed by atoms with Gasteiger partial charge < -0.3 is 9.80 Å². The van der Waals surface area contributed by atoms with Gasteiger partial charge in [0.1, 0.15) is 6.54 Å². The molecule has 0 amide bonds. The standard InChI is InChI=1S/C13H19N5/c1-17-6-3-11(4-7-17)12-9-15-13(16-10-12)18(2)8-5-14/h9-11H,3-4,6-8H2,1-2H3. The molecule has 1 aromatic heterocycles. The third-order valence-electron chi connectivity index (χ3n) is 3.50. The summed E-state index contributed by atoms with van der Waals surface area (Å²) in [6.45, 7) is 2.59. The fraction of sp³-hybridized carbons (Fsp3) is 0.615. The van der Waals surface area contributed by atoms with Gasteiger partial charge in [0.2, 0.25) is 5.95 Å². The van der Waals surface area contributed by atoms with Crippen LogP contribution >= 0.6 is 0 Å². The summed E-state index contributed by atoms with van der Waals surface area (Å²) in [5, 5.41) is 8.63. The van der Waals surface area contributed by atoms with E-state index in [0.29, 0.717) is 18.4 Å². The summed E-state index contributed by atoms with van der Waals surface area (Å²) in [5.74, 6) is 1.20. The Balaban J connectivity index is 2.01. The minimum atomic E-state index is 0.313. The van der Waals surface area contributed by atoms with Crippen LogP contribution in [0.25, 0.3) is 0 Å². The summed E-state index contributed by atoms with van der Waals surface area (Å²) >= 11 is 0. The molecule has 0 N–H and O–H groups in total. The van der Waals surface area contributed by atoms with Crippen molar-refractivity contribution in [1.82, 2.24) is 14.9 Å². The summed E-state index contributed by atoms with van der Waals surface area (Å²) in [4.78, 5) is 12.8. The molecule has 0 aromatic carbocycles. The maximum Gasteiger partial charge on any atom is 0.225 e. The molecule has 0 unspecified atom stereocenters. The zero-order valence-corrected chi connectivity index (χ0v) is 11.0. The van der Waals surface area contributed by atoms with Crippen molar-refractivity contribution in [2.45, 2.75) is 18.8 Å². The van der Waals surface area contributed by atoms with E-state index in [2.05, 4.69) is 28.0 Å². The predicted molar refractivity (Wildman–Crippen MR) is 70.4 cm³/mol. The van der Waals surface area contributed by atoms with Crippen molar-refractivity contribution in [3.63, 3.8) is 0 Å². The van der Waals surface area contributed by atoms with Crippen LogP contribution in [0.1, 0.15) is 24.3 Å². The van der Waals surface area contributed by atoms with E-state index in [-0.39, 0.29) is 0 Å². The topological polar surface area (TPSA) is 56.1 Å². The number of anilines is 1. The molecule has 96 valence electrons. The number of rotatable bonds is 3. The molecule has 5 heteroatoms. The highest BCUT2D eigenvalue weighted by molar-refractivity contribution is 5.30. The number of nitrogens with zero attached hydrogens (tertiary/aromatic N) is 5. The first-order chi connectivity index (χ1) is 8.70. The van der Waals surface area contributed by atoms with Crippen molar-refractivity contribution in [3.8, 4) is 6.07 Å². The molecular formula is C13H19N5. The van der Waals surface area contributed by atoms with Gasteiger partial charge in [0.15, 0.2) is 0 Å². The average molecular weight is 245 g/mol. The van der Waals surface area contributed by atoms with E-state index in [0.717, 1.165) is 13.1 Å². The fourth-order valence-electron chi connectivity index (χ4n) is 2.26. The molecule has 0 spiro atoms. The molecule has 0 bridgehead atoms. The molecule has 1 fully saturated rings. The van der Waals surface area contributed by atoms with Crippen LogP contribution in [-0.4, -0.2) is 48.6 Å². The Hall–Kier alpha value is -1.67. The van der Waals surface area contributed by atoms with Crippen LogP contribution in [-0.2, 0) is 0 Å². The van der Waals surface area contributed by atoms with Gasteiger partial charge in [-0.15, -0.1) is 0 Å². The molecule has 0 saturated carbocycles. The maximum atomic E-state index is 8.63. The Morgan fingerprint density at radius 3 is 2.56 bits per heavy atom. The molecule has 1 aromatic rings. The molecule has 1 saturated heterocycles. The van der Waals surface area contributed by atoms with Crippen molar-refractivity contribution in [3.05, 3.63) is 18.0 Å². The number of piperidine rings is 1. The van der Waals surface area contributed by atoms with Gasteiger partial charge in [0.25, 0.3) is 0 Å². The van der Waals surface area contributed by atoms with Crippen molar-refractivity contribution < 1.29 is 0 Å². The van der Waals surface area contributed by atoms with Gasteiger partial charge in [-0.3, -0.25) is 0 Å². The third-order valence-corrected chi connectivity index (χ3v) is 3.50. The molecule has 2 heterocycles. The Kier molecular flexibility index (Phi) is 4.11. The lowest BCUT2D eigenvalue weighted by molar-refractivity contribution is 0.255. The van der Waals surface area contributed by atoms with Crippen LogP contribution in [0.2, 0.25) is 0 Å². The first-order valence-corrected chi connectivity index (χ1v) is 6.29. The summed E-state index contributed by atoms with van der Waals surface area (Å²) in [7, 11) is 3.99. The van der Waals surface area contributed by atoms with Gasteiger partial charge >= 0.3 is 0 Å². The molecule has 0 aliphatic carbocycles. The van der Waals surface area contributed by atoms with Crippen LogP contribution in [0, 0.1) is 11.3 Å². The van der Waals surface area contributed by atoms with Crippen LogP contribution < -0.4 is 4.90 Å². The van der Waals surface area contributed by atoms with Crippen molar-refractivity contribution in [1.29, 1.82) is 5.26 Å². The SMILES string of the molecule is CN1CCC(c2cnc(N(C)CC#N)nc2)CC1. The first kappa shape index (κ1) is 12.8. The van der Waals surface area contributed by atoms with E-state index in [1.807, 2.05) is 19.4 Å². The normalized spacial score (nSPS) is 17.4. The Morgan fingerprint density at radius 2 is 2.00 bits per heavy atom. The summed E-state index contributed by atoms with van der Waals surface area (Å²) < 4.78 is 0. The van der Waals surface area contributed by atoms with E-state index in [4.69, 9.17) is 5.26 Å². The molecule has 0 radical (unpaired) electrons. The molecule has 2 rings (SSSR count). The number of likely N-dealkylation sites (tertiary alicyclic amines) is 1. The zero-order chi connectivity index (χ0) is 13.0. The van der Waals surface area contributed by atoms with Crippen molar-refractivity contribution in [2.75, 3.05) is 38.6 Å². The maximum absolute atomic E-state index is 8.63. The lowest BCUT2D eigenvalue weighted by Gasteiger charge is -2.28. The second kappa shape index (κ2) is 5.78. The van der Waals surface area contributed by atoms with E-state index in [9.17, 15) is 0 Å². The fourth-order valence-corrected chi connectivity index (χ4v) is 2.26. The Labute approximate surface area is 108 Å². The Morgan fingerprint density at radius 1 is 1.39 bits per heavy atom. The number of nitriles is 1. The summed E-state index contributed by atoms with van der Waals surface area (Å²) in [6.07, 6.45) is 6.17. The predicted octanol–water partition coefficient (Wildman–Crippen LogP) is 1.25. The van der Waals surface area contributed by atoms with Crippen LogP contribution in [0.15, 0.2) is 12.4 Å². The summed E-state index contributed by atoms with van der Waals surface area (Å²) in [6, 6.07) is 2.09. The van der Waals surface area contributed by atoms with Gasteiger partial charge in [0, 0.05) is 19.4 Å². The highest BCUT2D eigenvalue weighted by Gasteiger charge is 2.19. The van der Waals surface area contributed by atoms with Crippen LogP contribution in [0.4, 0.5) is 5.95 Å². The molecule has 18 heavy (non-hydrogen) atoms. The monoisotopic (exact) mass is 245 g/mol. The van der Waals surface area contributed by atoms with Gasteiger partial charge in [-0.05, 0) is 44.5 Å². The smallest absolute Gasteiger partial charge is 0.225 e. The molecule has 5 nitrogen and oxygen atoms in total. The highest BCUT2D eigenvalue weighted by atomic mass is 15.2. The van der Waals surface area contributed by atoms with Gasteiger partial charge in [-0.2, -0.15) is 5.26 Å². The molecular weight excluding hydrogens is 226 g/mol. The van der Waals surface area contributed by atoms with Crippen molar-refractivity contribution in [2.24, 2.45) is 0 Å². The average Bonchev–Trinajstić information content (AvgIpc) is 2.40. The second-order valence-corrected chi connectivity index (χ2v) is 4.91. The third kappa shape index (κ3) is 2.96. The van der Waals surface area contributed by atoms with Gasteiger partial charge in [-0.1, -0.05) is 0 Å². The lowest BCUT2D eigenvalue weighted by Crippen LogP contribution is -2.29. The number of hydrogen-bond donors (Lipinski definition) is 0. The Bertz CT molecular complexity index is 414. The minimum Gasteiger partial charge on any atom is -0.331 e. The highest BCUT2D eigenvalue weighted by Crippen LogP contribution is 2.26. The van der Waals surface area contributed by atoms with E-state index < -0.39 is 0 Å².